The standard InChI is InChI=1S/C53H51NO/c1-51(2)28-29-52(3,4)49-42(51)19-12-21-45(49)54(40-26-24-36(25-27-40)35-14-7-5-8-15-35)46-22-13-20-43-50(46)55-47-23-11-18-41(37-16-9-6-10-17-37)48(47)53(43)39-31-34-30-38(33-39)44(53)32-34/h5-27,34,38-39,44H,28-33H2,1-4H3. The Morgan fingerprint density at radius 3 is 1.93 bits per heavy atom. The quantitative estimate of drug-likeness (QED) is 0.176. The molecule has 5 unspecified atom stereocenters. The third-order valence-electron chi connectivity index (χ3n) is 14.9. The van der Waals surface area contributed by atoms with E-state index in [0.29, 0.717) is 11.8 Å². The second-order valence-electron chi connectivity index (χ2n) is 18.8. The highest BCUT2D eigenvalue weighted by atomic mass is 16.5. The Labute approximate surface area is 327 Å². The molecule has 6 aliphatic rings. The first-order valence-corrected chi connectivity index (χ1v) is 20.8. The maximum Gasteiger partial charge on any atom is 0.155 e. The molecule has 6 aromatic carbocycles. The highest BCUT2D eigenvalue weighted by molar-refractivity contribution is 5.87. The molecule has 4 saturated carbocycles. The normalized spacial score (nSPS) is 25.9. The van der Waals surface area contributed by atoms with E-state index in [2.05, 4.69) is 172 Å². The van der Waals surface area contributed by atoms with Crippen LogP contribution in [0, 0.1) is 23.7 Å². The molecule has 12 rings (SSSR count). The van der Waals surface area contributed by atoms with Gasteiger partial charge in [0.1, 0.15) is 5.75 Å². The van der Waals surface area contributed by atoms with E-state index in [0.717, 1.165) is 41.1 Å². The molecule has 5 aliphatic carbocycles. The second-order valence-corrected chi connectivity index (χ2v) is 18.8. The molecule has 6 aromatic rings. The van der Waals surface area contributed by atoms with E-state index < -0.39 is 0 Å². The molecule has 4 fully saturated rings. The predicted molar refractivity (Wildman–Crippen MR) is 227 cm³/mol. The van der Waals surface area contributed by atoms with Crippen molar-refractivity contribution in [3.63, 3.8) is 0 Å². The molecule has 0 aromatic heterocycles. The number of hydrogen-bond acceptors (Lipinski definition) is 2. The largest absolute Gasteiger partial charge is 0.454 e. The van der Waals surface area contributed by atoms with Gasteiger partial charge < -0.3 is 9.64 Å². The van der Waals surface area contributed by atoms with Gasteiger partial charge in [-0.1, -0.05) is 137 Å². The monoisotopic (exact) mass is 717 g/mol. The van der Waals surface area contributed by atoms with Gasteiger partial charge in [0, 0.05) is 22.2 Å². The van der Waals surface area contributed by atoms with Crippen LogP contribution in [-0.2, 0) is 16.2 Å². The van der Waals surface area contributed by atoms with Crippen molar-refractivity contribution in [2.75, 3.05) is 4.90 Å². The van der Waals surface area contributed by atoms with Gasteiger partial charge in [-0.2, -0.15) is 0 Å². The molecule has 1 spiro atoms. The highest BCUT2D eigenvalue weighted by Crippen LogP contribution is 2.74. The molecule has 274 valence electrons. The fraction of sp³-hybridized carbons (Fsp3) is 0.321. The van der Waals surface area contributed by atoms with Crippen LogP contribution < -0.4 is 9.64 Å². The number of benzene rings is 6. The van der Waals surface area contributed by atoms with Crippen LogP contribution in [0.5, 0.6) is 11.5 Å². The Balaban J connectivity index is 1.18. The van der Waals surface area contributed by atoms with Crippen molar-refractivity contribution < 1.29 is 4.74 Å². The summed E-state index contributed by atoms with van der Waals surface area (Å²) >= 11 is 0. The van der Waals surface area contributed by atoms with Crippen molar-refractivity contribution in [2.45, 2.75) is 82.5 Å². The minimum Gasteiger partial charge on any atom is -0.454 e. The maximum atomic E-state index is 7.48. The van der Waals surface area contributed by atoms with Gasteiger partial charge in [0.05, 0.1) is 11.4 Å². The SMILES string of the molecule is CC1(C)CCC(C)(C)c2c(N(c3ccc(-c4ccccc4)cc3)c3cccc4c3Oc3cccc(-c5ccccc5)c3C43C4CC5CC(C4)C3C5)cccc21. The molecular formula is C53H51NO. The summed E-state index contributed by atoms with van der Waals surface area (Å²) in [7, 11) is 0. The van der Waals surface area contributed by atoms with Crippen molar-refractivity contribution in [1.82, 2.24) is 0 Å². The molecule has 55 heavy (non-hydrogen) atoms. The first-order valence-electron chi connectivity index (χ1n) is 20.8. The van der Waals surface area contributed by atoms with Gasteiger partial charge in [0.15, 0.2) is 5.75 Å². The summed E-state index contributed by atoms with van der Waals surface area (Å²) < 4.78 is 7.48. The zero-order valence-corrected chi connectivity index (χ0v) is 32.7. The van der Waals surface area contributed by atoms with E-state index in [1.807, 2.05) is 0 Å². The number of para-hydroxylation sites is 1. The first-order chi connectivity index (χ1) is 26.7. The third kappa shape index (κ3) is 4.79. The molecular weight excluding hydrogens is 667 g/mol. The lowest BCUT2D eigenvalue weighted by molar-refractivity contribution is 0.174. The smallest absolute Gasteiger partial charge is 0.155 e. The van der Waals surface area contributed by atoms with Crippen LogP contribution in [0.25, 0.3) is 22.3 Å². The van der Waals surface area contributed by atoms with E-state index in [1.54, 1.807) is 0 Å². The fourth-order valence-corrected chi connectivity index (χ4v) is 12.6. The van der Waals surface area contributed by atoms with Crippen molar-refractivity contribution >= 4 is 17.1 Å². The fourth-order valence-electron chi connectivity index (χ4n) is 12.6. The summed E-state index contributed by atoms with van der Waals surface area (Å²) in [5, 5.41) is 0. The highest BCUT2D eigenvalue weighted by Gasteiger charge is 2.66. The predicted octanol–water partition coefficient (Wildman–Crippen LogP) is 14.3. The summed E-state index contributed by atoms with van der Waals surface area (Å²) in [4.78, 5) is 2.57. The summed E-state index contributed by atoms with van der Waals surface area (Å²) in [5.41, 5.74) is 14.5. The molecule has 1 heterocycles. The van der Waals surface area contributed by atoms with Crippen molar-refractivity contribution in [1.29, 1.82) is 0 Å². The summed E-state index contributed by atoms with van der Waals surface area (Å²) in [5.74, 6) is 4.98. The van der Waals surface area contributed by atoms with E-state index in [-0.39, 0.29) is 16.2 Å². The van der Waals surface area contributed by atoms with Crippen molar-refractivity contribution in [3.05, 3.63) is 162 Å². The Kier molecular flexibility index (Phi) is 7.23. The zero-order chi connectivity index (χ0) is 37.1. The topological polar surface area (TPSA) is 12.5 Å². The van der Waals surface area contributed by atoms with Crippen LogP contribution in [0.2, 0.25) is 0 Å². The summed E-state index contributed by atoms with van der Waals surface area (Å²) in [6.45, 7) is 9.79. The minimum absolute atomic E-state index is 0.0151. The Hall–Kier alpha value is -5.08. The summed E-state index contributed by atoms with van der Waals surface area (Å²) in [6.07, 6.45) is 7.70. The molecule has 5 atom stereocenters. The molecule has 0 N–H and O–H groups in total. The molecule has 0 radical (unpaired) electrons. The molecule has 2 heteroatoms. The number of fused-ring (bicyclic) bond motifs is 3. The van der Waals surface area contributed by atoms with Crippen molar-refractivity contribution in [3.8, 4) is 33.8 Å². The average molecular weight is 718 g/mol. The molecule has 0 amide bonds. The van der Waals surface area contributed by atoms with Crippen molar-refractivity contribution in [2.24, 2.45) is 23.7 Å². The number of rotatable bonds is 5. The van der Waals surface area contributed by atoms with E-state index >= 15 is 0 Å². The second kappa shape index (κ2) is 12.0. The molecule has 2 nitrogen and oxygen atoms in total. The van der Waals surface area contributed by atoms with Gasteiger partial charge in [-0.05, 0) is 137 Å². The Morgan fingerprint density at radius 1 is 0.527 bits per heavy atom. The maximum absolute atomic E-state index is 7.48. The molecule has 0 saturated heterocycles. The van der Waals surface area contributed by atoms with Crippen LogP contribution in [0.3, 0.4) is 0 Å². The van der Waals surface area contributed by atoms with Crippen LogP contribution in [-0.4, -0.2) is 0 Å². The van der Waals surface area contributed by atoms with Crippen LogP contribution in [0.1, 0.15) is 88.5 Å². The third-order valence-corrected chi connectivity index (χ3v) is 14.9. The van der Waals surface area contributed by atoms with Gasteiger partial charge in [0.25, 0.3) is 0 Å². The van der Waals surface area contributed by atoms with Gasteiger partial charge in [-0.25, -0.2) is 0 Å². The average Bonchev–Trinajstić information content (AvgIpc) is 3.62. The van der Waals surface area contributed by atoms with E-state index in [9.17, 15) is 0 Å². The number of hydrogen-bond donors (Lipinski definition) is 0. The Morgan fingerprint density at radius 2 is 1.18 bits per heavy atom. The zero-order valence-electron chi connectivity index (χ0n) is 32.7. The number of nitrogens with zero attached hydrogens (tertiary/aromatic N) is 1. The molecule has 1 aliphatic heterocycles. The first kappa shape index (κ1) is 33.3. The lowest BCUT2D eigenvalue weighted by atomic mass is 9.55. The lowest BCUT2D eigenvalue weighted by Gasteiger charge is -2.50. The Bertz CT molecular complexity index is 2440. The van der Waals surface area contributed by atoms with Gasteiger partial charge in [0.2, 0.25) is 0 Å². The van der Waals surface area contributed by atoms with Crippen LogP contribution in [0.15, 0.2) is 140 Å². The van der Waals surface area contributed by atoms with Gasteiger partial charge in [-0.3, -0.25) is 0 Å². The molecule has 4 bridgehead atoms. The van der Waals surface area contributed by atoms with Crippen LogP contribution in [0.4, 0.5) is 17.1 Å². The minimum atomic E-state index is -0.0801. The summed E-state index contributed by atoms with van der Waals surface area (Å²) in [6, 6.07) is 52.2. The van der Waals surface area contributed by atoms with Gasteiger partial charge >= 0.3 is 0 Å². The number of ether oxygens (including phenoxy) is 1. The van der Waals surface area contributed by atoms with E-state index in [4.69, 9.17) is 4.74 Å². The number of anilines is 3. The van der Waals surface area contributed by atoms with E-state index in [1.165, 1.54) is 82.3 Å². The van der Waals surface area contributed by atoms with Crippen LogP contribution >= 0.6 is 0 Å². The lowest BCUT2D eigenvalue weighted by Crippen LogP contribution is -2.44. The van der Waals surface area contributed by atoms with Gasteiger partial charge in [-0.15, -0.1) is 0 Å².